The molecular weight excluding hydrogens is 182 g/mol. The first kappa shape index (κ1) is 12.0. The molecule has 0 amide bonds. The number of hydrogen-bond donors (Lipinski definition) is 1. The van der Waals surface area contributed by atoms with Crippen LogP contribution in [0.25, 0.3) is 0 Å². The van der Waals surface area contributed by atoms with Crippen molar-refractivity contribution in [2.24, 2.45) is 0 Å². The van der Waals surface area contributed by atoms with Gasteiger partial charge in [-0.25, -0.2) is 4.79 Å². The smallest absolute Gasteiger partial charge is 0.353 e. The molecule has 0 unspecified atom stereocenters. The van der Waals surface area contributed by atoms with Gasteiger partial charge in [-0.2, -0.15) is 8.78 Å². The Morgan fingerprint density at radius 2 is 2.15 bits per heavy atom. The zero-order valence-electron chi connectivity index (χ0n) is 7.35. The van der Waals surface area contributed by atoms with Gasteiger partial charge in [0.25, 0.3) is 0 Å². The normalized spacial score (nSPS) is 11.1. The molecule has 0 aliphatic rings. The second-order valence-corrected chi connectivity index (χ2v) is 2.69. The van der Waals surface area contributed by atoms with Crippen LogP contribution in [-0.2, 0) is 9.53 Å². The summed E-state index contributed by atoms with van der Waals surface area (Å²) in [4.78, 5) is 10.7. The quantitative estimate of drug-likeness (QED) is 0.409. The number of ether oxygens (including phenoxy) is 1. The molecule has 0 aliphatic carbocycles. The first-order valence-corrected chi connectivity index (χ1v) is 3.76. The Bertz CT molecular complexity index is 196. The van der Waals surface area contributed by atoms with Crippen LogP contribution in [0.3, 0.4) is 0 Å². The molecule has 0 saturated heterocycles. The zero-order chi connectivity index (χ0) is 10.5. The van der Waals surface area contributed by atoms with Gasteiger partial charge in [-0.15, -0.1) is 0 Å². The Kier molecular flexibility index (Phi) is 4.55. The van der Waals surface area contributed by atoms with E-state index in [4.69, 9.17) is 5.11 Å². The van der Waals surface area contributed by atoms with E-state index in [1.165, 1.54) is 6.92 Å². The lowest BCUT2D eigenvalue weighted by Crippen LogP contribution is -2.16. The molecule has 0 saturated carbocycles. The molecule has 0 aliphatic heterocycles. The van der Waals surface area contributed by atoms with Gasteiger partial charge < -0.3 is 9.84 Å². The highest BCUT2D eigenvalue weighted by molar-refractivity contribution is 5.86. The summed E-state index contributed by atoms with van der Waals surface area (Å²) in [5.41, 5.74) is 0.218. The number of halogens is 2. The van der Waals surface area contributed by atoms with E-state index in [0.29, 0.717) is 0 Å². The first-order chi connectivity index (χ1) is 5.83. The minimum atomic E-state index is -3.68. The number of alkyl halides is 2. The lowest BCUT2D eigenvalue weighted by Gasteiger charge is -2.08. The third-order valence-corrected chi connectivity index (χ3v) is 1.20. The van der Waals surface area contributed by atoms with Gasteiger partial charge in [0.15, 0.2) is 0 Å². The van der Waals surface area contributed by atoms with Crippen LogP contribution < -0.4 is 0 Å². The molecule has 0 aromatic rings. The molecule has 0 heterocycles. The molecular formula is C8H12F2O3. The molecule has 0 rings (SSSR count). The Labute approximate surface area is 75.0 Å². The monoisotopic (exact) mass is 194 g/mol. The van der Waals surface area contributed by atoms with E-state index in [1.807, 2.05) is 0 Å². The molecule has 1 N–H and O–H groups in total. The topological polar surface area (TPSA) is 46.5 Å². The highest BCUT2D eigenvalue weighted by Crippen LogP contribution is 2.15. The van der Waals surface area contributed by atoms with E-state index >= 15 is 0 Å². The van der Waals surface area contributed by atoms with Gasteiger partial charge in [-0.1, -0.05) is 6.58 Å². The molecule has 76 valence electrons. The van der Waals surface area contributed by atoms with Crippen molar-refractivity contribution in [3.8, 4) is 0 Å². The average Bonchev–Trinajstić information content (AvgIpc) is 1.95. The fourth-order valence-electron chi connectivity index (χ4n) is 0.573. The van der Waals surface area contributed by atoms with Crippen LogP contribution in [0.1, 0.15) is 19.8 Å². The molecule has 0 aromatic carbocycles. The van der Waals surface area contributed by atoms with Gasteiger partial charge in [-0.3, -0.25) is 0 Å². The maximum Gasteiger partial charge on any atom is 0.353 e. The molecule has 0 aromatic heterocycles. The van der Waals surface area contributed by atoms with Crippen LogP contribution in [0, 0.1) is 0 Å². The Hall–Kier alpha value is -0.970. The molecule has 0 bridgehead atoms. The zero-order valence-corrected chi connectivity index (χ0v) is 7.35. The number of aliphatic hydroxyl groups is 1. The number of carbonyl (C=O) groups excluding carboxylic acids is 1. The van der Waals surface area contributed by atoms with E-state index in [-0.39, 0.29) is 18.6 Å². The summed E-state index contributed by atoms with van der Waals surface area (Å²) in [5, 5.41) is 8.00. The van der Waals surface area contributed by atoms with Crippen molar-refractivity contribution >= 4 is 5.97 Å². The van der Waals surface area contributed by atoms with E-state index < -0.39 is 18.5 Å². The van der Waals surface area contributed by atoms with Crippen LogP contribution in [0.5, 0.6) is 0 Å². The Balaban J connectivity index is 3.47. The summed E-state index contributed by atoms with van der Waals surface area (Å²) in [6, 6.07) is 0. The molecule has 0 atom stereocenters. The Morgan fingerprint density at radius 3 is 2.54 bits per heavy atom. The molecule has 13 heavy (non-hydrogen) atoms. The number of rotatable bonds is 5. The summed E-state index contributed by atoms with van der Waals surface area (Å²) in [7, 11) is 0. The van der Waals surface area contributed by atoms with Crippen LogP contribution in [0.15, 0.2) is 12.2 Å². The highest BCUT2D eigenvalue weighted by Gasteiger charge is 2.23. The largest absolute Gasteiger partial charge is 0.462 e. The maximum absolute atomic E-state index is 11.8. The van der Waals surface area contributed by atoms with Gasteiger partial charge >= 0.3 is 12.1 Å². The van der Waals surface area contributed by atoms with Crippen molar-refractivity contribution in [3.05, 3.63) is 12.2 Å². The van der Waals surface area contributed by atoms with E-state index in [9.17, 15) is 13.6 Å². The average molecular weight is 194 g/mol. The van der Waals surface area contributed by atoms with Crippen LogP contribution in [-0.4, -0.2) is 23.8 Å². The fourth-order valence-corrected chi connectivity index (χ4v) is 0.573. The summed E-state index contributed by atoms with van der Waals surface area (Å²) in [5.74, 6) is -0.610. The molecule has 3 nitrogen and oxygen atoms in total. The van der Waals surface area contributed by atoms with Crippen molar-refractivity contribution in [1.29, 1.82) is 0 Å². The standard InChI is InChI=1S/C8H12F2O3/c1-6(2)7(11)13-5-3-4-8(9,10)12/h12H,1,3-5H2,2H3. The van der Waals surface area contributed by atoms with Gasteiger partial charge in [0.2, 0.25) is 0 Å². The summed E-state index contributed by atoms with van der Waals surface area (Å²) in [6.07, 6.45) is -4.48. The number of hydrogen-bond acceptors (Lipinski definition) is 3. The van der Waals surface area contributed by atoms with Gasteiger partial charge in [0.05, 0.1) is 6.61 Å². The van der Waals surface area contributed by atoms with Crippen molar-refractivity contribution in [2.45, 2.75) is 25.9 Å². The molecule has 0 fully saturated rings. The van der Waals surface area contributed by atoms with Gasteiger partial charge in [-0.05, 0) is 13.3 Å². The highest BCUT2D eigenvalue weighted by atomic mass is 19.3. The van der Waals surface area contributed by atoms with Gasteiger partial charge in [0, 0.05) is 12.0 Å². The van der Waals surface area contributed by atoms with Crippen LogP contribution in [0.4, 0.5) is 8.78 Å². The van der Waals surface area contributed by atoms with Crippen LogP contribution >= 0.6 is 0 Å². The number of esters is 1. The number of carbonyl (C=O) groups is 1. The second-order valence-electron chi connectivity index (χ2n) is 2.69. The third-order valence-electron chi connectivity index (χ3n) is 1.20. The maximum atomic E-state index is 11.8. The summed E-state index contributed by atoms with van der Waals surface area (Å²) < 4.78 is 28.1. The lowest BCUT2D eigenvalue weighted by molar-refractivity contribution is -0.205. The minimum absolute atomic E-state index is 0.0808. The molecule has 0 radical (unpaired) electrons. The second kappa shape index (κ2) is 4.91. The molecule has 5 heteroatoms. The van der Waals surface area contributed by atoms with E-state index in [1.54, 1.807) is 0 Å². The predicted molar refractivity (Wildman–Crippen MR) is 42.2 cm³/mol. The SMILES string of the molecule is C=C(C)C(=O)OCCCC(O)(F)F. The summed E-state index contributed by atoms with van der Waals surface area (Å²) >= 11 is 0. The van der Waals surface area contributed by atoms with Crippen LogP contribution in [0.2, 0.25) is 0 Å². The Morgan fingerprint density at radius 1 is 1.62 bits per heavy atom. The van der Waals surface area contributed by atoms with Crippen molar-refractivity contribution in [1.82, 2.24) is 0 Å². The predicted octanol–water partition coefficient (Wildman–Crippen LogP) is 1.47. The minimum Gasteiger partial charge on any atom is -0.462 e. The van der Waals surface area contributed by atoms with Gasteiger partial charge in [0.1, 0.15) is 0 Å². The third kappa shape index (κ3) is 7.39. The van der Waals surface area contributed by atoms with Crippen molar-refractivity contribution in [3.63, 3.8) is 0 Å². The summed E-state index contributed by atoms with van der Waals surface area (Å²) in [6.45, 7) is 4.63. The van der Waals surface area contributed by atoms with E-state index in [2.05, 4.69) is 11.3 Å². The van der Waals surface area contributed by atoms with E-state index in [0.717, 1.165) is 0 Å². The van der Waals surface area contributed by atoms with Crippen molar-refractivity contribution < 1.29 is 23.4 Å². The van der Waals surface area contributed by atoms with Crippen molar-refractivity contribution in [2.75, 3.05) is 6.61 Å². The fraction of sp³-hybridized carbons (Fsp3) is 0.625. The first-order valence-electron chi connectivity index (χ1n) is 3.76. The lowest BCUT2D eigenvalue weighted by atomic mass is 10.3. The molecule has 0 spiro atoms.